The summed E-state index contributed by atoms with van der Waals surface area (Å²) in [5.74, 6) is 0.888. The molecule has 20 heavy (non-hydrogen) atoms. The molecular formula is C15H18N2O3. The van der Waals surface area contributed by atoms with Gasteiger partial charge in [-0.15, -0.1) is 0 Å². The molecule has 1 unspecified atom stereocenters. The third-order valence-electron chi connectivity index (χ3n) is 3.67. The highest BCUT2D eigenvalue weighted by molar-refractivity contribution is 5.94. The van der Waals surface area contributed by atoms with Crippen LogP contribution in [0.15, 0.2) is 30.5 Å². The molecule has 1 saturated heterocycles. The zero-order valence-corrected chi connectivity index (χ0v) is 11.2. The Morgan fingerprint density at radius 3 is 2.80 bits per heavy atom. The lowest BCUT2D eigenvalue weighted by Crippen LogP contribution is -2.44. The van der Waals surface area contributed by atoms with E-state index in [1.165, 1.54) is 0 Å². The van der Waals surface area contributed by atoms with E-state index in [0.717, 1.165) is 28.7 Å². The van der Waals surface area contributed by atoms with Crippen LogP contribution in [-0.4, -0.2) is 47.6 Å². The molecule has 5 heteroatoms. The lowest BCUT2D eigenvalue weighted by molar-refractivity contribution is 0.00344. The third-order valence-corrected chi connectivity index (χ3v) is 3.67. The van der Waals surface area contributed by atoms with Crippen LogP contribution in [0.4, 0.5) is 5.82 Å². The smallest absolute Gasteiger partial charge is 0.136 e. The van der Waals surface area contributed by atoms with Gasteiger partial charge in [0, 0.05) is 30.2 Å². The molecule has 1 aliphatic heterocycles. The number of pyridine rings is 1. The van der Waals surface area contributed by atoms with Crippen LogP contribution in [0.3, 0.4) is 0 Å². The summed E-state index contributed by atoms with van der Waals surface area (Å²) in [4.78, 5) is 6.63. The van der Waals surface area contributed by atoms with Crippen molar-refractivity contribution >= 4 is 16.6 Å². The number of rotatable bonds is 3. The Hall–Kier alpha value is -1.69. The molecule has 0 bridgehead atoms. The van der Waals surface area contributed by atoms with E-state index in [0.29, 0.717) is 13.2 Å². The van der Waals surface area contributed by atoms with Gasteiger partial charge in [-0.2, -0.15) is 0 Å². The van der Waals surface area contributed by atoms with Gasteiger partial charge in [0.25, 0.3) is 0 Å². The van der Waals surface area contributed by atoms with Gasteiger partial charge < -0.3 is 19.8 Å². The minimum atomic E-state index is -0.165. The van der Waals surface area contributed by atoms with Gasteiger partial charge in [0.15, 0.2) is 0 Å². The summed E-state index contributed by atoms with van der Waals surface area (Å²) in [5, 5.41) is 20.7. The lowest BCUT2D eigenvalue weighted by Gasteiger charge is -2.33. The van der Waals surface area contributed by atoms with Gasteiger partial charge in [0.1, 0.15) is 5.82 Å². The fourth-order valence-corrected chi connectivity index (χ4v) is 2.64. The third kappa shape index (κ3) is 2.35. The Bertz CT molecular complexity index is 603. The van der Waals surface area contributed by atoms with Crippen LogP contribution in [0.1, 0.15) is 5.56 Å². The number of anilines is 1. The fraction of sp³-hybridized carbons (Fsp3) is 0.400. The van der Waals surface area contributed by atoms with Crippen LogP contribution >= 0.6 is 0 Å². The van der Waals surface area contributed by atoms with Gasteiger partial charge >= 0.3 is 0 Å². The minimum Gasteiger partial charge on any atom is -0.394 e. The number of aliphatic hydroxyl groups excluding tert-OH is 2. The van der Waals surface area contributed by atoms with Gasteiger partial charge in [-0.3, -0.25) is 0 Å². The Labute approximate surface area is 117 Å². The number of aliphatic hydroxyl groups is 2. The van der Waals surface area contributed by atoms with Gasteiger partial charge in [-0.05, 0) is 5.39 Å². The summed E-state index contributed by atoms with van der Waals surface area (Å²) < 4.78 is 5.48. The SMILES string of the molecule is OCc1cnc(N2CCOC(CO)C2)c2ccccc12. The molecule has 1 atom stereocenters. The second-order valence-corrected chi connectivity index (χ2v) is 4.93. The summed E-state index contributed by atoms with van der Waals surface area (Å²) in [5.41, 5.74) is 0.830. The zero-order chi connectivity index (χ0) is 13.9. The van der Waals surface area contributed by atoms with E-state index in [1.54, 1.807) is 6.20 Å². The topological polar surface area (TPSA) is 65.8 Å². The van der Waals surface area contributed by atoms with Crippen molar-refractivity contribution in [1.82, 2.24) is 4.98 Å². The largest absolute Gasteiger partial charge is 0.394 e. The highest BCUT2D eigenvalue weighted by Gasteiger charge is 2.22. The molecule has 106 valence electrons. The summed E-state index contributed by atoms with van der Waals surface area (Å²) in [6, 6.07) is 7.94. The maximum absolute atomic E-state index is 9.41. The average molecular weight is 274 g/mol. The number of morpholine rings is 1. The molecule has 0 radical (unpaired) electrons. The van der Waals surface area contributed by atoms with Gasteiger partial charge in [-0.25, -0.2) is 4.98 Å². The first-order valence-corrected chi connectivity index (χ1v) is 6.78. The van der Waals surface area contributed by atoms with Crippen LogP contribution in [0.25, 0.3) is 10.8 Å². The predicted molar refractivity (Wildman–Crippen MR) is 76.7 cm³/mol. The first-order valence-electron chi connectivity index (χ1n) is 6.78. The maximum atomic E-state index is 9.41. The molecule has 0 spiro atoms. The van der Waals surface area contributed by atoms with E-state index in [1.807, 2.05) is 24.3 Å². The average Bonchev–Trinajstić information content (AvgIpc) is 2.54. The van der Waals surface area contributed by atoms with Crippen LogP contribution < -0.4 is 4.90 Å². The molecule has 5 nitrogen and oxygen atoms in total. The molecule has 3 rings (SSSR count). The van der Waals surface area contributed by atoms with Gasteiger partial charge in [0.05, 0.1) is 25.9 Å². The second-order valence-electron chi connectivity index (χ2n) is 4.93. The predicted octanol–water partition coefficient (Wildman–Crippen LogP) is 0.925. The van der Waals surface area contributed by atoms with Crippen molar-refractivity contribution in [2.45, 2.75) is 12.7 Å². The highest BCUT2D eigenvalue weighted by Crippen LogP contribution is 2.28. The molecular weight excluding hydrogens is 256 g/mol. The summed E-state index contributed by atoms with van der Waals surface area (Å²) in [6.07, 6.45) is 1.56. The standard InChI is InChI=1S/C15H18N2O3/c18-9-11-7-16-15(14-4-2-1-3-13(11)14)17-5-6-20-12(8-17)10-19/h1-4,7,12,18-19H,5-6,8-10H2. The van der Waals surface area contributed by atoms with Crippen molar-refractivity contribution in [3.8, 4) is 0 Å². The Morgan fingerprint density at radius 2 is 2.05 bits per heavy atom. The Balaban J connectivity index is 2.03. The monoisotopic (exact) mass is 274 g/mol. The van der Waals surface area contributed by atoms with Crippen LogP contribution in [0.2, 0.25) is 0 Å². The van der Waals surface area contributed by atoms with E-state index in [-0.39, 0.29) is 19.3 Å². The number of ether oxygens (including phenoxy) is 1. The van der Waals surface area contributed by atoms with Crippen LogP contribution in [-0.2, 0) is 11.3 Å². The number of benzene rings is 1. The number of aromatic nitrogens is 1. The maximum Gasteiger partial charge on any atom is 0.136 e. The number of nitrogens with zero attached hydrogens (tertiary/aromatic N) is 2. The van der Waals surface area contributed by atoms with Crippen molar-refractivity contribution in [1.29, 1.82) is 0 Å². The molecule has 0 amide bonds. The molecule has 2 N–H and O–H groups in total. The fourth-order valence-electron chi connectivity index (χ4n) is 2.64. The number of hydrogen-bond acceptors (Lipinski definition) is 5. The van der Waals surface area contributed by atoms with Crippen molar-refractivity contribution < 1.29 is 14.9 Å². The van der Waals surface area contributed by atoms with E-state index < -0.39 is 0 Å². The molecule has 1 aromatic carbocycles. The summed E-state index contributed by atoms with van der Waals surface area (Å²) >= 11 is 0. The van der Waals surface area contributed by atoms with Crippen LogP contribution in [0.5, 0.6) is 0 Å². The van der Waals surface area contributed by atoms with Crippen molar-refractivity contribution in [2.24, 2.45) is 0 Å². The quantitative estimate of drug-likeness (QED) is 0.871. The molecule has 1 aromatic heterocycles. The minimum absolute atomic E-state index is 0.0170. The Morgan fingerprint density at radius 1 is 1.25 bits per heavy atom. The first kappa shape index (κ1) is 13.3. The molecule has 0 saturated carbocycles. The lowest BCUT2D eigenvalue weighted by atomic mass is 10.1. The molecule has 1 aliphatic rings. The highest BCUT2D eigenvalue weighted by atomic mass is 16.5. The van der Waals surface area contributed by atoms with Gasteiger partial charge in [-0.1, -0.05) is 24.3 Å². The number of fused-ring (bicyclic) bond motifs is 1. The van der Waals surface area contributed by atoms with Crippen molar-refractivity contribution in [2.75, 3.05) is 31.2 Å². The zero-order valence-electron chi connectivity index (χ0n) is 11.2. The Kier molecular flexibility index (Phi) is 3.82. The van der Waals surface area contributed by atoms with Crippen LogP contribution in [0, 0.1) is 0 Å². The van der Waals surface area contributed by atoms with Gasteiger partial charge in [0.2, 0.25) is 0 Å². The van der Waals surface area contributed by atoms with Crippen molar-refractivity contribution in [3.63, 3.8) is 0 Å². The summed E-state index contributed by atoms with van der Waals surface area (Å²) in [7, 11) is 0. The normalized spacial score (nSPS) is 19.5. The molecule has 2 aromatic rings. The molecule has 2 heterocycles. The summed E-state index contributed by atoms with van der Waals surface area (Å²) in [6.45, 7) is 1.97. The molecule has 1 fully saturated rings. The van der Waals surface area contributed by atoms with E-state index in [2.05, 4.69) is 9.88 Å². The number of hydrogen-bond donors (Lipinski definition) is 2. The van der Waals surface area contributed by atoms with Crippen molar-refractivity contribution in [3.05, 3.63) is 36.0 Å². The molecule has 0 aliphatic carbocycles. The second kappa shape index (κ2) is 5.75. The van der Waals surface area contributed by atoms with E-state index in [9.17, 15) is 10.2 Å². The van der Waals surface area contributed by atoms with E-state index >= 15 is 0 Å². The van der Waals surface area contributed by atoms with E-state index in [4.69, 9.17) is 4.74 Å². The first-order chi connectivity index (χ1) is 9.83.